The molecular formula is C26H21F6NO3S. The Labute approximate surface area is 212 Å². The van der Waals surface area contributed by atoms with Gasteiger partial charge in [-0.25, -0.2) is 0 Å². The number of thioether (sulfide) groups is 1. The third kappa shape index (κ3) is 5.02. The molecule has 0 aromatic heterocycles. The van der Waals surface area contributed by atoms with Gasteiger partial charge in [0, 0.05) is 16.2 Å². The van der Waals surface area contributed by atoms with E-state index in [1.54, 1.807) is 54.6 Å². The molecular weight excluding hydrogens is 520 g/mol. The number of rotatable bonds is 5. The van der Waals surface area contributed by atoms with Crippen LogP contribution in [0, 0.1) is 0 Å². The fourth-order valence-electron chi connectivity index (χ4n) is 4.19. The number of alkyl halides is 6. The van der Waals surface area contributed by atoms with E-state index in [9.17, 15) is 36.2 Å². The summed E-state index contributed by atoms with van der Waals surface area (Å²) in [6.45, 7) is 0. The number of halogens is 6. The van der Waals surface area contributed by atoms with Gasteiger partial charge in [-0.2, -0.15) is 26.3 Å². The van der Waals surface area contributed by atoms with E-state index in [1.807, 2.05) is 0 Å². The van der Waals surface area contributed by atoms with E-state index in [-0.39, 0.29) is 28.7 Å². The van der Waals surface area contributed by atoms with Gasteiger partial charge in [0.25, 0.3) is 5.60 Å². The fraction of sp³-hybridized carbons (Fsp3) is 0.269. The minimum Gasteiger partial charge on any atom is -0.497 e. The lowest BCUT2D eigenvalue weighted by molar-refractivity contribution is -0.376. The molecule has 1 heterocycles. The molecule has 0 aliphatic carbocycles. The Bertz CT molecular complexity index is 1250. The summed E-state index contributed by atoms with van der Waals surface area (Å²) in [5.41, 5.74) is -4.85. The van der Waals surface area contributed by atoms with Gasteiger partial charge in [0.05, 0.1) is 25.3 Å². The van der Waals surface area contributed by atoms with Crippen molar-refractivity contribution in [2.75, 3.05) is 17.8 Å². The van der Waals surface area contributed by atoms with E-state index >= 15 is 0 Å². The topological polar surface area (TPSA) is 49.8 Å². The van der Waals surface area contributed by atoms with Crippen molar-refractivity contribution in [1.29, 1.82) is 0 Å². The highest BCUT2D eigenvalue weighted by Crippen LogP contribution is 2.52. The molecule has 4 nitrogen and oxygen atoms in total. The summed E-state index contributed by atoms with van der Waals surface area (Å²) in [6, 6.07) is 17.4. The summed E-state index contributed by atoms with van der Waals surface area (Å²) in [7, 11) is 1.50. The quantitative estimate of drug-likeness (QED) is 0.379. The molecule has 3 aromatic carbocycles. The van der Waals surface area contributed by atoms with Gasteiger partial charge in [-0.3, -0.25) is 4.79 Å². The van der Waals surface area contributed by atoms with Crippen molar-refractivity contribution in [2.24, 2.45) is 0 Å². The zero-order chi connectivity index (χ0) is 27.0. The van der Waals surface area contributed by atoms with Gasteiger partial charge >= 0.3 is 12.4 Å². The maximum Gasteiger partial charge on any atom is 0.430 e. The number of anilines is 1. The first-order valence-corrected chi connectivity index (χ1v) is 12.0. The van der Waals surface area contributed by atoms with Crippen molar-refractivity contribution in [3.63, 3.8) is 0 Å². The van der Waals surface area contributed by atoms with Crippen LogP contribution in [0.15, 0.2) is 77.7 Å². The van der Waals surface area contributed by atoms with Crippen molar-refractivity contribution in [3.8, 4) is 5.75 Å². The fourth-order valence-corrected chi connectivity index (χ4v) is 5.39. The Morgan fingerprint density at radius 3 is 2.16 bits per heavy atom. The summed E-state index contributed by atoms with van der Waals surface area (Å²) in [4.78, 5) is 14.9. The van der Waals surface area contributed by atoms with Crippen molar-refractivity contribution >= 4 is 23.4 Å². The van der Waals surface area contributed by atoms with Crippen molar-refractivity contribution in [1.82, 2.24) is 0 Å². The molecule has 1 amide bonds. The smallest absolute Gasteiger partial charge is 0.430 e. The van der Waals surface area contributed by atoms with E-state index < -0.39 is 29.6 Å². The van der Waals surface area contributed by atoms with E-state index in [2.05, 4.69) is 0 Å². The van der Waals surface area contributed by atoms with Crippen LogP contribution in [0.3, 0.4) is 0 Å². The highest BCUT2D eigenvalue weighted by atomic mass is 32.2. The normalized spacial score (nSPS) is 16.3. The van der Waals surface area contributed by atoms with Crippen LogP contribution in [0.25, 0.3) is 0 Å². The minimum atomic E-state index is -6.01. The number of hydrogen-bond acceptors (Lipinski definition) is 4. The lowest BCUT2D eigenvalue weighted by atomic mass is 9.91. The second-order valence-electron chi connectivity index (χ2n) is 8.41. The Morgan fingerprint density at radius 2 is 1.59 bits per heavy atom. The van der Waals surface area contributed by atoms with E-state index in [1.165, 1.54) is 12.0 Å². The molecule has 4 rings (SSSR count). The van der Waals surface area contributed by atoms with E-state index in [0.717, 1.165) is 17.8 Å². The standard InChI is InChI=1S/C26H21F6NO3S/c1-36-19-10-7-17(8-11-19)21-15-37-22-14-18(24(35,25(27,28)29)26(30,31)32)9-12-20(22)33(21)23(34)13-16-5-3-2-4-6-16/h2-12,14,21,35H,13,15H2,1H3. The number of carbonyl (C=O) groups excluding carboxylic acids is 1. The number of aliphatic hydroxyl groups is 1. The van der Waals surface area contributed by atoms with Crippen LogP contribution in [-0.4, -0.2) is 36.2 Å². The summed E-state index contributed by atoms with van der Waals surface area (Å²) in [5.74, 6) is 0.362. The maximum atomic E-state index is 13.5. The van der Waals surface area contributed by atoms with Gasteiger partial charge in [-0.15, -0.1) is 11.8 Å². The lowest BCUT2D eigenvalue weighted by Gasteiger charge is -2.39. The van der Waals surface area contributed by atoms with E-state index in [0.29, 0.717) is 29.0 Å². The summed E-state index contributed by atoms with van der Waals surface area (Å²) < 4.78 is 85.9. The molecule has 1 aliphatic heterocycles. The molecule has 1 aliphatic rings. The Morgan fingerprint density at radius 1 is 0.973 bits per heavy atom. The number of hydrogen-bond donors (Lipinski definition) is 1. The third-order valence-corrected chi connectivity index (χ3v) is 7.25. The molecule has 0 bridgehead atoms. The predicted octanol–water partition coefficient (Wildman–Crippen LogP) is 6.43. The Kier molecular flexibility index (Phi) is 7.22. The molecule has 196 valence electrons. The number of methoxy groups -OCH3 is 1. The first-order chi connectivity index (χ1) is 17.4. The third-order valence-electron chi connectivity index (χ3n) is 6.13. The number of amides is 1. The zero-order valence-corrected chi connectivity index (χ0v) is 20.1. The number of benzene rings is 3. The highest BCUT2D eigenvalue weighted by molar-refractivity contribution is 7.99. The molecule has 1 N–H and O–H groups in total. The first-order valence-electron chi connectivity index (χ1n) is 11.0. The van der Waals surface area contributed by atoms with Crippen LogP contribution in [0.2, 0.25) is 0 Å². The SMILES string of the molecule is COc1ccc(C2CSc3cc(C(O)(C(F)(F)F)C(F)(F)F)ccc3N2C(=O)Cc2ccccc2)cc1. The summed E-state index contributed by atoms with van der Waals surface area (Å²) in [5, 5.41) is 9.85. The van der Waals surface area contributed by atoms with Gasteiger partial charge < -0.3 is 14.7 Å². The van der Waals surface area contributed by atoms with Gasteiger partial charge in [0.15, 0.2) is 0 Å². The molecule has 11 heteroatoms. The van der Waals surface area contributed by atoms with Gasteiger partial charge in [0.1, 0.15) is 5.75 Å². The average Bonchev–Trinajstić information content (AvgIpc) is 2.86. The maximum absolute atomic E-state index is 13.5. The van der Waals surface area contributed by atoms with Gasteiger partial charge in [-0.1, -0.05) is 48.5 Å². The summed E-state index contributed by atoms with van der Waals surface area (Å²) >= 11 is 1.01. The van der Waals surface area contributed by atoms with Crippen LogP contribution < -0.4 is 9.64 Å². The van der Waals surface area contributed by atoms with Gasteiger partial charge in [-0.05, 0) is 35.4 Å². The predicted molar refractivity (Wildman–Crippen MR) is 127 cm³/mol. The number of fused-ring (bicyclic) bond motifs is 1. The minimum absolute atomic E-state index is 0.0237. The van der Waals surface area contributed by atoms with Crippen LogP contribution in [-0.2, 0) is 16.8 Å². The molecule has 0 saturated heterocycles. The van der Waals surface area contributed by atoms with Crippen LogP contribution in [0.4, 0.5) is 32.0 Å². The number of nitrogens with zero attached hydrogens (tertiary/aromatic N) is 1. The van der Waals surface area contributed by atoms with Crippen molar-refractivity contribution in [3.05, 3.63) is 89.5 Å². The van der Waals surface area contributed by atoms with Crippen molar-refractivity contribution < 1.29 is 41.0 Å². The average molecular weight is 542 g/mol. The number of ether oxygens (including phenoxy) is 1. The Hall–Kier alpha value is -3.18. The highest BCUT2D eigenvalue weighted by Gasteiger charge is 2.71. The molecule has 37 heavy (non-hydrogen) atoms. The van der Waals surface area contributed by atoms with Crippen LogP contribution in [0.1, 0.15) is 22.7 Å². The van der Waals surface area contributed by atoms with Gasteiger partial charge in [0.2, 0.25) is 5.91 Å². The molecule has 1 atom stereocenters. The largest absolute Gasteiger partial charge is 0.497 e. The summed E-state index contributed by atoms with van der Waals surface area (Å²) in [6.07, 6.45) is -12.0. The second-order valence-corrected chi connectivity index (χ2v) is 9.48. The van der Waals surface area contributed by atoms with Crippen molar-refractivity contribution in [2.45, 2.75) is 35.3 Å². The Balaban J connectivity index is 1.80. The molecule has 0 spiro atoms. The second kappa shape index (κ2) is 9.94. The molecule has 0 saturated carbocycles. The zero-order valence-electron chi connectivity index (χ0n) is 19.3. The molecule has 0 fully saturated rings. The molecule has 3 aromatic rings. The lowest BCUT2D eigenvalue weighted by Crippen LogP contribution is -2.54. The van der Waals surface area contributed by atoms with Crippen LogP contribution >= 0.6 is 11.8 Å². The molecule has 1 unspecified atom stereocenters. The first kappa shape index (κ1) is 26.9. The van der Waals surface area contributed by atoms with Crippen LogP contribution in [0.5, 0.6) is 5.75 Å². The monoisotopic (exact) mass is 541 g/mol. The molecule has 0 radical (unpaired) electrons. The number of carbonyl (C=O) groups is 1. The van der Waals surface area contributed by atoms with E-state index in [4.69, 9.17) is 4.74 Å².